The molecule has 0 aliphatic carbocycles. The highest BCUT2D eigenvalue weighted by atomic mass is 16.5. The molecule has 2 N–H and O–H groups in total. The Labute approximate surface area is 117 Å². The van der Waals surface area contributed by atoms with E-state index in [1.165, 1.54) is 44.9 Å². The van der Waals surface area contributed by atoms with E-state index in [0.717, 1.165) is 12.8 Å². The molecule has 0 aromatic heterocycles. The molecule has 0 aliphatic heterocycles. The summed E-state index contributed by atoms with van der Waals surface area (Å²) >= 11 is 0. The minimum Gasteiger partial charge on any atom is -0.450 e. The molecule has 0 heterocycles. The van der Waals surface area contributed by atoms with Crippen LogP contribution in [0.3, 0.4) is 0 Å². The number of nitrogens with one attached hydrogen (secondary N) is 1. The number of hydrogen-bond acceptors (Lipinski definition) is 4. The molecular weight excluding hydrogens is 242 g/mol. The monoisotopic (exact) mass is 273 g/mol. The zero-order valence-electron chi connectivity index (χ0n) is 12.5. The molecule has 0 unspecified atom stereocenters. The summed E-state index contributed by atoms with van der Waals surface area (Å²) in [6.07, 6.45) is 11.8. The highest BCUT2D eigenvalue weighted by Gasteiger charge is 2.01. The predicted octanol–water partition coefficient (Wildman–Crippen LogP) is 2.99. The number of aliphatic hydroxyl groups is 1. The molecule has 0 bridgehead atoms. The number of unbranched alkanes of at least 4 members (excludes halogenated alkanes) is 8. The van der Waals surface area contributed by atoms with Gasteiger partial charge in [-0.2, -0.15) is 0 Å². The second-order valence-corrected chi connectivity index (χ2v) is 4.96. The lowest BCUT2D eigenvalue weighted by Gasteiger charge is -2.05. The van der Waals surface area contributed by atoms with Gasteiger partial charge >= 0.3 is 5.97 Å². The van der Waals surface area contributed by atoms with Crippen LogP contribution in [0.15, 0.2) is 0 Å². The standard InChI is InChI=1S/C15H31NO3/c1-2-3-4-5-6-7-8-9-10-11-15(18)19-14-16-12-13-17/h16-17H,2-14H2,1H3. The Hall–Kier alpha value is -0.610. The van der Waals surface area contributed by atoms with Crippen molar-refractivity contribution in [3.8, 4) is 0 Å². The number of ether oxygens (including phenoxy) is 1. The Morgan fingerprint density at radius 3 is 2.16 bits per heavy atom. The Balaban J connectivity index is 3.10. The van der Waals surface area contributed by atoms with Crippen molar-refractivity contribution in [1.29, 1.82) is 0 Å². The van der Waals surface area contributed by atoms with Gasteiger partial charge in [0.2, 0.25) is 0 Å². The lowest BCUT2D eigenvalue weighted by Crippen LogP contribution is -2.23. The highest BCUT2D eigenvalue weighted by molar-refractivity contribution is 5.69. The Bertz CT molecular complexity index is 198. The van der Waals surface area contributed by atoms with E-state index in [0.29, 0.717) is 13.0 Å². The number of rotatable bonds is 14. The summed E-state index contributed by atoms with van der Waals surface area (Å²) in [5.74, 6) is -0.145. The first-order valence-corrected chi connectivity index (χ1v) is 7.78. The molecule has 0 aliphatic rings. The van der Waals surface area contributed by atoms with Crippen LogP contribution in [0.4, 0.5) is 0 Å². The number of carbonyl (C=O) groups excluding carboxylic acids is 1. The second kappa shape index (κ2) is 15.4. The number of hydrogen-bond donors (Lipinski definition) is 2. The maximum atomic E-state index is 11.3. The molecule has 0 aromatic carbocycles. The molecule has 19 heavy (non-hydrogen) atoms. The zero-order valence-corrected chi connectivity index (χ0v) is 12.5. The molecular formula is C15H31NO3. The third-order valence-corrected chi connectivity index (χ3v) is 3.11. The van der Waals surface area contributed by atoms with Crippen molar-refractivity contribution in [3.05, 3.63) is 0 Å². The molecule has 0 amide bonds. The quantitative estimate of drug-likeness (QED) is 0.290. The number of aliphatic hydroxyl groups excluding tert-OH is 1. The fraction of sp³-hybridized carbons (Fsp3) is 0.933. The summed E-state index contributed by atoms with van der Waals surface area (Å²) in [5.41, 5.74) is 0. The predicted molar refractivity (Wildman–Crippen MR) is 77.9 cm³/mol. The molecule has 4 heteroatoms. The van der Waals surface area contributed by atoms with E-state index >= 15 is 0 Å². The van der Waals surface area contributed by atoms with Crippen molar-refractivity contribution >= 4 is 5.97 Å². The summed E-state index contributed by atoms with van der Waals surface area (Å²) in [5, 5.41) is 11.3. The van der Waals surface area contributed by atoms with Crippen LogP contribution in [0.5, 0.6) is 0 Å². The summed E-state index contributed by atoms with van der Waals surface area (Å²) in [4.78, 5) is 11.3. The van der Waals surface area contributed by atoms with Gasteiger partial charge in [-0.3, -0.25) is 10.1 Å². The van der Waals surface area contributed by atoms with Gasteiger partial charge in [0.05, 0.1) is 6.61 Å². The largest absolute Gasteiger partial charge is 0.450 e. The van der Waals surface area contributed by atoms with Crippen molar-refractivity contribution in [3.63, 3.8) is 0 Å². The Morgan fingerprint density at radius 2 is 1.58 bits per heavy atom. The lowest BCUT2D eigenvalue weighted by atomic mass is 10.1. The van der Waals surface area contributed by atoms with E-state index in [1.54, 1.807) is 0 Å². The molecule has 0 radical (unpaired) electrons. The van der Waals surface area contributed by atoms with Gasteiger partial charge in [0, 0.05) is 13.0 Å². The highest BCUT2D eigenvalue weighted by Crippen LogP contribution is 2.10. The molecule has 0 saturated heterocycles. The maximum Gasteiger partial charge on any atom is 0.307 e. The van der Waals surface area contributed by atoms with Gasteiger partial charge in [-0.25, -0.2) is 0 Å². The normalized spacial score (nSPS) is 10.6. The summed E-state index contributed by atoms with van der Waals surface area (Å²) in [7, 11) is 0. The molecule has 0 aromatic rings. The average molecular weight is 273 g/mol. The van der Waals surface area contributed by atoms with E-state index in [9.17, 15) is 4.79 Å². The van der Waals surface area contributed by atoms with Crippen LogP contribution in [0, 0.1) is 0 Å². The van der Waals surface area contributed by atoms with Crippen LogP contribution in [0.25, 0.3) is 0 Å². The van der Waals surface area contributed by atoms with E-state index in [1.807, 2.05) is 0 Å². The van der Waals surface area contributed by atoms with Crippen LogP contribution in [-0.2, 0) is 9.53 Å². The third kappa shape index (κ3) is 15.3. The molecule has 114 valence electrons. The summed E-state index contributed by atoms with van der Waals surface area (Å²) in [6.45, 7) is 2.97. The SMILES string of the molecule is CCCCCCCCCCCC(=O)OCNCCO. The zero-order chi connectivity index (χ0) is 14.2. The fourth-order valence-corrected chi connectivity index (χ4v) is 1.93. The Morgan fingerprint density at radius 1 is 1.00 bits per heavy atom. The van der Waals surface area contributed by atoms with Crippen LogP contribution in [0.1, 0.15) is 71.1 Å². The van der Waals surface area contributed by atoms with Crippen LogP contribution < -0.4 is 5.32 Å². The van der Waals surface area contributed by atoms with Gasteiger partial charge in [0.1, 0.15) is 6.73 Å². The first-order valence-electron chi connectivity index (χ1n) is 7.78. The van der Waals surface area contributed by atoms with Crippen molar-refractivity contribution in [1.82, 2.24) is 5.32 Å². The van der Waals surface area contributed by atoms with Gasteiger partial charge in [-0.1, -0.05) is 58.3 Å². The molecule has 0 fully saturated rings. The average Bonchev–Trinajstić information content (AvgIpc) is 2.42. The third-order valence-electron chi connectivity index (χ3n) is 3.11. The lowest BCUT2D eigenvalue weighted by molar-refractivity contribution is -0.144. The van der Waals surface area contributed by atoms with E-state index < -0.39 is 0 Å². The van der Waals surface area contributed by atoms with Gasteiger partial charge in [0.15, 0.2) is 0 Å². The second-order valence-electron chi connectivity index (χ2n) is 4.96. The fourth-order valence-electron chi connectivity index (χ4n) is 1.93. The van der Waals surface area contributed by atoms with Crippen LogP contribution in [-0.4, -0.2) is 31.0 Å². The van der Waals surface area contributed by atoms with E-state index in [4.69, 9.17) is 9.84 Å². The van der Waals surface area contributed by atoms with Gasteiger partial charge in [-0.05, 0) is 6.42 Å². The molecule has 0 saturated carbocycles. The Kier molecular flexibility index (Phi) is 15.0. The van der Waals surface area contributed by atoms with Gasteiger partial charge in [0.25, 0.3) is 0 Å². The number of esters is 1. The van der Waals surface area contributed by atoms with E-state index in [-0.39, 0.29) is 19.3 Å². The van der Waals surface area contributed by atoms with Crippen molar-refractivity contribution in [2.75, 3.05) is 19.9 Å². The molecule has 4 nitrogen and oxygen atoms in total. The summed E-state index contributed by atoms with van der Waals surface area (Å²) in [6, 6.07) is 0. The van der Waals surface area contributed by atoms with Crippen molar-refractivity contribution in [2.45, 2.75) is 71.1 Å². The minimum atomic E-state index is -0.145. The van der Waals surface area contributed by atoms with Crippen molar-refractivity contribution < 1.29 is 14.6 Å². The van der Waals surface area contributed by atoms with E-state index in [2.05, 4.69) is 12.2 Å². The van der Waals surface area contributed by atoms with Gasteiger partial charge < -0.3 is 9.84 Å². The maximum absolute atomic E-state index is 11.3. The van der Waals surface area contributed by atoms with Crippen LogP contribution in [0.2, 0.25) is 0 Å². The molecule has 0 atom stereocenters. The van der Waals surface area contributed by atoms with Gasteiger partial charge in [-0.15, -0.1) is 0 Å². The summed E-state index contributed by atoms with van der Waals surface area (Å²) < 4.78 is 4.95. The van der Waals surface area contributed by atoms with Crippen LogP contribution >= 0.6 is 0 Å². The molecule has 0 rings (SSSR count). The first kappa shape index (κ1) is 18.4. The first-order chi connectivity index (χ1) is 9.31. The molecule has 0 spiro atoms. The minimum absolute atomic E-state index is 0.0653. The smallest absolute Gasteiger partial charge is 0.307 e. The topological polar surface area (TPSA) is 58.6 Å². The van der Waals surface area contributed by atoms with Crippen molar-refractivity contribution in [2.24, 2.45) is 0 Å². The number of carbonyl (C=O) groups is 1.